The normalized spacial score (nSPS) is 11.3. The molecule has 0 aromatic heterocycles. The first-order valence-electron chi connectivity index (χ1n) is 7.41. The molecule has 0 atom stereocenters. The van der Waals surface area contributed by atoms with Crippen LogP contribution in [0.2, 0.25) is 0 Å². The van der Waals surface area contributed by atoms with Gasteiger partial charge < -0.3 is 5.11 Å². The van der Waals surface area contributed by atoms with E-state index in [1.54, 1.807) is 24.3 Å². The Hall–Kier alpha value is -1.09. The summed E-state index contributed by atoms with van der Waals surface area (Å²) in [6.07, 6.45) is 1.76. The van der Waals surface area contributed by atoms with E-state index in [4.69, 9.17) is 5.11 Å². The Morgan fingerprint density at radius 2 is 1.41 bits per heavy atom. The molecule has 0 aliphatic heterocycles. The number of hydrogen-bond acceptors (Lipinski definition) is 5. The SMILES string of the molecule is CC(=O)/C(=C(\C=O)c1ccc(Br)cc1)c1ccc(S(C)(=O)=O)cc1.C[O-].[Na+]. The third-order valence-corrected chi connectivity index (χ3v) is 5.12. The summed E-state index contributed by atoms with van der Waals surface area (Å²) >= 11 is 3.33. The number of rotatable bonds is 5. The van der Waals surface area contributed by atoms with Crippen LogP contribution in [0.5, 0.6) is 0 Å². The zero-order chi connectivity index (χ0) is 19.9. The molecule has 0 aliphatic carbocycles. The van der Waals surface area contributed by atoms with Crippen LogP contribution in [0, 0.1) is 0 Å². The van der Waals surface area contributed by atoms with Gasteiger partial charge in [-0.1, -0.05) is 40.2 Å². The molecule has 0 saturated heterocycles. The maximum atomic E-state index is 12.1. The van der Waals surface area contributed by atoms with Crippen molar-refractivity contribution in [2.24, 2.45) is 0 Å². The van der Waals surface area contributed by atoms with Gasteiger partial charge in [-0.2, -0.15) is 7.11 Å². The topological polar surface area (TPSA) is 91.3 Å². The number of sulfone groups is 1. The maximum Gasteiger partial charge on any atom is 1.00 e. The quantitative estimate of drug-likeness (QED) is 0.260. The minimum absolute atomic E-state index is 0. The van der Waals surface area contributed by atoms with E-state index < -0.39 is 9.84 Å². The van der Waals surface area contributed by atoms with E-state index in [2.05, 4.69) is 15.9 Å². The number of benzene rings is 2. The van der Waals surface area contributed by atoms with Gasteiger partial charge in [0.1, 0.15) is 0 Å². The van der Waals surface area contributed by atoms with Gasteiger partial charge in [0.05, 0.1) is 4.90 Å². The van der Waals surface area contributed by atoms with Gasteiger partial charge in [0.25, 0.3) is 0 Å². The first kappa shape index (κ1) is 25.9. The van der Waals surface area contributed by atoms with Crippen molar-refractivity contribution in [1.82, 2.24) is 0 Å². The molecule has 0 fully saturated rings. The van der Waals surface area contributed by atoms with Crippen LogP contribution in [0.3, 0.4) is 0 Å². The van der Waals surface area contributed by atoms with Gasteiger partial charge in [0.2, 0.25) is 0 Å². The summed E-state index contributed by atoms with van der Waals surface area (Å²) < 4.78 is 24.0. The molecular weight excluding hydrogens is 443 g/mol. The summed E-state index contributed by atoms with van der Waals surface area (Å²) in [5.41, 5.74) is 1.64. The standard InChI is InChI=1S/C18H15BrO4S.CH3O.Na/c1-12(21)18(14-5-9-16(10-6-14)24(2,22)23)17(11-20)13-3-7-15(19)8-4-13;1-2;/h3-11H,1-2H3;1H3;/q;-1;+1/b18-17-;;. The van der Waals surface area contributed by atoms with Crippen LogP contribution in [0.1, 0.15) is 18.1 Å². The minimum Gasteiger partial charge on any atom is -0.857 e. The monoisotopic (exact) mass is 460 g/mol. The number of carbonyl (C=O) groups is 2. The van der Waals surface area contributed by atoms with Crippen LogP contribution in [0.25, 0.3) is 11.1 Å². The molecule has 2 aromatic carbocycles. The summed E-state index contributed by atoms with van der Waals surface area (Å²) in [5.74, 6) is -0.271. The Kier molecular flexibility index (Phi) is 11.2. The molecule has 0 unspecified atom stereocenters. The first-order valence-corrected chi connectivity index (χ1v) is 10.1. The van der Waals surface area contributed by atoms with Crippen molar-refractivity contribution in [3.8, 4) is 0 Å². The van der Waals surface area contributed by atoms with Gasteiger partial charge in [-0.05, 0) is 42.3 Å². The van der Waals surface area contributed by atoms with Crippen LogP contribution < -0.4 is 34.7 Å². The van der Waals surface area contributed by atoms with Crippen LogP contribution in [0.15, 0.2) is 57.9 Å². The summed E-state index contributed by atoms with van der Waals surface area (Å²) in [6.45, 7) is 1.38. The number of aldehydes is 1. The summed E-state index contributed by atoms with van der Waals surface area (Å²) in [5, 5.41) is 8.25. The molecule has 0 N–H and O–H groups in total. The number of carbonyl (C=O) groups excluding carboxylic acids is 2. The number of halogens is 1. The summed E-state index contributed by atoms with van der Waals surface area (Å²) in [4.78, 5) is 23.9. The van der Waals surface area contributed by atoms with Gasteiger partial charge in [-0.25, -0.2) is 8.42 Å². The Labute approximate surface area is 189 Å². The second-order valence-electron chi connectivity index (χ2n) is 5.27. The van der Waals surface area contributed by atoms with Crippen molar-refractivity contribution >= 4 is 49.0 Å². The second-order valence-corrected chi connectivity index (χ2v) is 8.20. The second kappa shape index (κ2) is 11.7. The molecule has 0 amide bonds. The predicted octanol–water partition coefficient (Wildman–Crippen LogP) is -0.468. The molecule has 0 spiro atoms. The van der Waals surface area contributed by atoms with Crippen LogP contribution in [0.4, 0.5) is 0 Å². The third kappa shape index (κ3) is 7.10. The third-order valence-electron chi connectivity index (χ3n) is 3.47. The molecular formula is C19H18BrNaO5S. The van der Waals surface area contributed by atoms with Crippen molar-refractivity contribution in [2.45, 2.75) is 11.8 Å². The fourth-order valence-corrected chi connectivity index (χ4v) is 3.21. The van der Waals surface area contributed by atoms with Gasteiger partial charge in [-0.15, -0.1) is 0 Å². The number of hydrogen-bond donors (Lipinski definition) is 0. The number of allylic oxidation sites excluding steroid dienone is 2. The van der Waals surface area contributed by atoms with E-state index in [-0.39, 0.29) is 51.4 Å². The van der Waals surface area contributed by atoms with Gasteiger partial charge in [0.15, 0.2) is 21.9 Å². The zero-order valence-corrected chi connectivity index (χ0v) is 19.9. The largest absolute Gasteiger partial charge is 1.00 e. The van der Waals surface area contributed by atoms with Crippen molar-refractivity contribution in [2.75, 3.05) is 13.4 Å². The Morgan fingerprint density at radius 1 is 0.963 bits per heavy atom. The average Bonchev–Trinajstić information content (AvgIpc) is 2.61. The molecule has 2 aromatic rings. The molecule has 8 heteroatoms. The molecule has 138 valence electrons. The molecule has 27 heavy (non-hydrogen) atoms. The van der Waals surface area contributed by atoms with Crippen LogP contribution in [-0.4, -0.2) is 33.9 Å². The smallest absolute Gasteiger partial charge is 0.857 e. The van der Waals surface area contributed by atoms with Crippen molar-refractivity contribution in [3.05, 3.63) is 64.1 Å². The van der Waals surface area contributed by atoms with E-state index >= 15 is 0 Å². The Morgan fingerprint density at radius 3 is 1.78 bits per heavy atom. The van der Waals surface area contributed by atoms with E-state index in [0.717, 1.165) is 17.8 Å². The summed E-state index contributed by atoms with van der Waals surface area (Å²) in [7, 11) is -2.57. The molecule has 0 heterocycles. The van der Waals surface area contributed by atoms with Crippen molar-refractivity contribution in [3.63, 3.8) is 0 Å². The fraction of sp³-hybridized carbons (Fsp3) is 0.158. The number of Topliss-reactive ketones (excluding diaryl/α,β-unsaturated/α-hetero) is 1. The van der Waals surface area contributed by atoms with Gasteiger partial charge >= 0.3 is 29.6 Å². The summed E-state index contributed by atoms with van der Waals surface area (Å²) in [6, 6.07) is 13.0. The van der Waals surface area contributed by atoms with Crippen molar-refractivity contribution < 1.29 is 52.7 Å². The minimum atomic E-state index is -3.32. The molecule has 0 bridgehead atoms. The van der Waals surface area contributed by atoms with Crippen LogP contribution in [-0.2, 0) is 19.4 Å². The fourth-order valence-electron chi connectivity index (χ4n) is 2.32. The molecule has 0 aliphatic rings. The van der Waals surface area contributed by atoms with E-state index in [1.807, 2.05) is 0 Å². The molecule has 0 radical (unpaired) electrons. The first-order chi connectivity index (χ1) is 12.2. The van der Waals surface area contributed by atoms with E-state index in [9.17, 15) is 18.0 Å². The van der Waals surface area contributed by atoms with E-state index in [0.29, 0.717) is 17.4 Å². The number of ketones is 1. The van der Waals surface area contributed by atoms with Crippen LogP contribution >= 0.6 is 15.9 Å². The molecule has 2 rings (SSSR count). The van der Waals surface area contributed by atoms with Crippen molar-refractivity contribution in [1.29, 1.82) is 0 Å². The average molecular weight is 461 g/mol. The Bertz CT molecular complexity index is 918. The van der Waals surface area contributed by atoms with E-state index in [1.165, 1.54) is 31.2 Å². The van der Waals surface area contributed by atoms with Gasteiger partial charge in [0, 0.05) is 21.9 Å². The molecule has 5 nitrogen and oxygen atoms in total. The maximum absolute atomic E-state index is 12.1. The molecule has 0 saturated carbocycles. The van der Waals surface area contributed by atoms with Gasteiger partial charge in [-0.3, -0.25) is 9.59 Å². The zero-order valence-electron chi connectivity index (χ0n) is 15.5. The Balaban J connectivity index is 0.00000218. The predicted molar refractivity (Wildman–Crippen MR) is 103 cm³/mol.